The van der Waals surface area contributed by atoms with Crippen LogP contribution in [0.2, 0.25) is 0 Å². The van der Waals surface area contributed by atoms with Gasteiger partial charge in [0.2, 0.25) is 0 Å². The molecule has 6 nitrogen and oxygen atoms in total. The minimum atomic E-state index is -0.773. The Morgan fingerprint density at radius 3 is 2.52 bits per heavy atom. The van der Waals surface area contributed by atoms with Crippen molar-refractivity contribution in [3.8, 4) is 5.75 Å². The number of halogens is 2. The van der Waals surface area contributed by atoms with Gasteiger partial charge in [-0.05, 0) is 35.1 Å². The number of benzene rings is 1. The first kappa shape index (κ1) is 17.9. The van der Waals surface area contributed by atoms with Crippen LogP contribution in [-0.4, -0.2) is 50.1 Å². The van der Waals surface area contributed by atoms with Gasteiger partial charge in [-0.25, -0.2) is 4.39 Å². The summed E-state index contributed by atoms with van der Waals surface area (Å²) in [5.74, 6) is -1.53. The van der Waals surface area contributed by atoms with Gasteiger partial charge >= 0.3 is 5.97 Å². The Kier molecular flexibility index (Phi) is 5.79. The van der Waals surface area contributed by atoms with Crippen LogP contribution in [0.5, 0.6) is 5.75 Å². The molecule has 2 N–H and O–H groups in total. The highest BCUT2D eigenvalue weighted by molar-refractivity contribution is 14.1. The molecule has 8 heteroatoms. The number of hydrogen-bond acceptors (Lipinski definition) is 5. The zero-order chi connectivity index (χ0) is 17.1. The molecule has 1 unspecified atom stereocenters. The van der Waals surface area contributed by atoms with Gasteiger partial charge in [0.25, 0.3) is 5.91 Å². The Balaban J connectivity index is 2.45. The quantitative estimate of drug-likeness (QED) is 0.538. The summed E-state index contributed by atoms with van der Waals surface area (Å²) in [7, 11) is 2.70. The van der Waals surface area contributed by atoms with Crippen LogP contribution in [0.1, 0.15) is 22.3 Å². The number of rotatable bonds is 6. The van der Waals surface area contributed by atoms with E-state index in [1.54, 1.807) is 22.6 Å². The van der Waals surface area contributed by atoms with Crippen molar-refractivity contribution >= 4 is 34.5 Å². The molecule has 1 saturated heterocycles. The van der Waals surface area contributed by atoms with E-state index in [-0.39, 0.29) is 21.3 Å². The van der Waals surface area contributed by atoms with Crippen molar-refractivity contribution in [3.63, 3.8) is 0 Å². The number of methoxy groups -OCH3 is 2. The molecule has 0 saturated carbocycles. The Bertz CT molecular complexity index is 634. The van der Waals surface area contributed by atoms with Crippen LogP contribution in [0.15, 0.2) is 6.07 Å². The summed E-state index contributed by atoms with van der Waals surface area (Å²) >= 11 is 1.71. The normalized spacial score (nSPS) is 15.7. The predicted molar refractivity (Wildman–Crippen MR) is 89.9 cm³/mol. The molecule has 23 heavy (non-hydrogen) atoms. The van der Waals surface area contributed by atoms with Gasteiger partial charge < -0.3 is 15.2 Å². The molecule has 126 valence electrons. The van der Waals surface area contributed by atoms with Crippen molar-refractivity contribution in [2.24, 2.45) is 5.73 Å². The summed E-state index contributed by atoms with van der Waals surface area (Å²) in [5, 5.41) is 0. The van der Waals surface area contributed by atoms with E-state index in [9.17, 15) is 14.0 Å². The lowest BCUT2D eigenvalue weighted by molar-refractivity contribution is -0.148. The molecule has 1 heterocycles. The molecule has 0 aliphatic carbocycles. The van der Waals surface area contributed by atoms with Crippen molar-refractivity contribution in [3.05, 3.63) is 26.6 Å². The summed E-state index contributed by atoms with van der Waals surface area (Å²) in [6.45, 7) is 1.55. The van der Waals surface area contributed by atoms with E-state index in [1.165, 1.54) is 20.3 Å². The third-order valence-electron chi connectivity index (χ3n) is 3.92. The molecular weight excluding hydrogens is 418 g/mol. The molecule has 0 aromatic heterocycles. The molecule has 1 aliphatic rings. The lowest BCUT2D eigenvalue weighted by Crippen LogP contribution is -2.50. The number of hydrogen-bond donors (Lipinski definition) is 1. The maximum atomic E-state index is 14.1. The lowest BCUT2D eigenvalue weighted by Gasteiger charge is -2.36. The number of carbonyl (C=O) groups excluding carboxylic acids is 2. The largest absolute Gasteiger partial charge is 0.496 e. The minimum Gasteiger partial charge on any atom is -0.496 e. The second kappa shape index (κ2) is 7.43. The number of primary amides is 1. The molecular formula is C15H18FIN2O4. The van der Waals surface area contributed by atoms with Gasteiger partial charge in [-0.1, -0.05) is 0 Å². The van der Waals surface area contributed by atoms with Gasteiger partial charge in [0.1, 0.15) is 17.6 Å². The maximum absolute atomic E-state index is 14.1. The predicted octanol–water partition coefficient (Wildman–Crippen LogP) is 1.33. The van der Waals surface area contributed by atoms with E-state index in [2.05, 4.69) is 0 Å². The van der Waals surface area contributed by atoms with E-state index >= 15 is 0 Å². The van der Waals surface area contributed by atoms with Gasteiger partial charge in [0.15, 0.2) is 0 Å². The van der Waals surface area contributed by atoms with Crippen LogP contribution < -0.4 is 10.5 Å². The number of amides is 1. The van der Waals surface area contributed by atoms with E-state index in [4.69, 9.17) is 15.2 Å². The molecule has 0 bridgehead atoms. The number of likely N-dealkylation sites (tertiary alicyclic amines) is 1. The highest BCUT2D eigenvalue weighted by Crippen LogP contribution is 2.32. The van der Waals surface area contributed by atoms with E-state index < -0.39 is 23.7 Å². The highest BCUT2D eigenvalue weighted by atomic mass is 127. The van der Waals surface area contributed by atoms with Crippen LogP contribution >= 0.6 is 22.6 Å². The number of esters is 1. The SMILES string of the molecule is COC(=O)C(Cc1cc(F)c(I)c(C(N)=O)c1OC)N1CCC1. The molecule has 1 aromatic carbocycles. The minimum absolute atomic E-state index is 0.00433. The van der Waals surface area contributed by atoms with Crippen molar-refractivity contribution in [1.29, 1.82) is 0 Å². The van der Waals surface area contributed by atoms with Gasteiger partial charge in [-0.3, -0.25) is 14.5 Å². The number of carbonyl (C=O) groups is 2. The third kappa shape index (κ3) is 3.57. The molecule has 1 aromatic rings. The van der Waals surface area contributed by atoms with Crippen LogP contribution in [0, 0.1) is 9.39 Å². The average Bonchev–Trinajstić information content (AvgIpc) is 2.46. The van der Waals surface area contributed by atoms with Crippen LogP contribution in [-0.2, 0) is 16.0 Å². The molecule has 1 atom stereocenters. The fraction of sp³-hybridized carbons (Fsp3) is 0.467. The van der Waals surface area contributed by atoms with Crippen molar-refractivity contribution in [2.75, 3.05) is 27.3 Å². The fourth-order valence-corrected chi connectivity index (χ4v) is 3.29. The van der Waals surface area contributed by atoms with E-state index in [0.717, 1.165) is 19.5 Å². The van der Waals surface area contributed by atoms with E-state index in [1.807, 2.05) is 4.90 Å². The molecule has 0 spiro atoms. The fourth-order valence-electron chi connectivity index (χ4n) is 2.62. The first-order valence-corrected chi connectivity index (χ1v) is 8.15. The van der Waals surface area contributed by atoms with Crippen LogP contribution in [0.3, 0.4) is 0 Å². The number of nitrogens with zero attached hydrogens (tertiary/aromatic N) is 1. The molecule has 0 radical (unpaired) electrons. The van der Waals surface area contributed by atoms with Gasteiger partial charge in [0.05, 0.1) is 23.4 Å². The first-order chi connectivity index (χ1) is 10.9. The topological polar surface area (TPSA) is 81.9 Å². The monoisotopic (exact) mass is 436 g/mol. The van der Waals surface area contributed by atoms with E-state index in [0.29, 0.717) is 5.56 Å². The zero-order valence-corrected chi connectivity index (χ0v) is 15.1. The van der Waals surface area contributed by atoms with Crippen molar-refractivity contribution < 1.29 is 23.5 Å². The second-order valence-electron chi connectivity index (χ2n) is 5.24. The number of nitrogens with two attached hydrogens (primary N) is 1. The third-order valence-corrected chi connectivity index (χ3v) is 4.97. The van der Waals surface area contributed by atoms with Crippen molar-refractivity contribution in [1.82, 2.24) is 4.90 Å². The Hall–Kier alpha value is -1.42. The van der Waals surface area contributed by atoms with Crippen LogP contribution in [0.4, 0.5) is 4.39 Å². The summed E-state index contributed by atoms with van der Waals surface area (Å²) in [6.07, 6.45) is 1.18. The second-order valence-corrected chi connectivity index (χ2v) is 6.32. The Morgan fingerprint density at radius 1 is 1.43 bits per heavy atom. The molecule has 1 amide bonds. The van der Waals surface area contributed by atoms with Gasteiger partial charge in [-0.2, -0.15) is 0 Å². The maximum Gasteiger partial charge on any atom is 0.323 e. The Morgan fingerprint density at radius 2 is 2.09 bits per heavy atom. The lowest BCUT2D eigenvalue weighted by atomic mass is 9.98. The zero-order valence-electron chi connectivity index (χ0n) is 12.9. The highest BCUT2D eigenvalue weighted by Gasteiger charge is 2.33. The van der Waals surface area contributed by atoms with Crippen molar-refractivity contribution in [2.45, 2.75) is 18.9 Å². The number of ether oxygens (including phenoxy) is 2. The van der Waals surface area contributed by atoms with Gasteiger partial charge in [-0.15, -0.1) is 0 Å². The summed E-state index contributed by atoms with van der Waals surface area (Å²) in [4.78, 5) is 25.6. The summed E-state index contributed by atoms with van der Waals surface area (Å²) in [6, 6.07) is 0.741. The Labute approximate surface area is 147 Å². The summed E-state index contributed by atoms with van der Waals surface area (Å²) < 4.78 is 24.4. The molecule has 1 aliphatic heterocycles. The van der Waals surface area contributed by atoms with Gasteiger partial charge in [0, 0.05) is 25.1 Å². The smallest absolute Gasteiger partial charge is 0.323 e. The average molecular weight is 436 g/mol. The first-order valence-electron chi connectivity index (χ1n) is 7.07. The standard InChI is InChI=1S/C15H18FIN2O4/c1-22-13-8(6-9(16)12(17)11(13)14(18)20)7-10(15(21)23-2)19-4-3-5-19/h6,10H,3-5,7H2,1-2H3,(H2,18,20). The summed E-state index contributed by atoms with van der Waals surface area (Å²) in [5.41, 5.74) is 5.76. The molecule has 2 rings (SSSR count). The molecule has 1 fully saturated rings. The van der Waals surface area contributed by atoms with Crippen LogP contribution in [0.25, 0.3) is 0 Å².